The summed E-state index contributed by atoms with van der Waals surface area (Å²) in [6.07, 6.45) is 0. The van der Waals surface area contributed by atoms with Gasteiger partial charge in [0.1, 0.15) is 16.4 Å². The number of nitrogens with one attached hydrogen (secondary N) is 1. The highest BCUT2D eigenvalue weighted by Gasteiger charge is 2.28. The highest BCUT2D eigenvalue weighted by Crippen LogP contribution is 2.34. The molecule has 1 amide bonds. The van der Waals surface area contributed by atoms with Crippen molar-refractivity contribution in [3.05, 3.63) is 80.2 Å². The van der Waals surface area contributed by atoms with Crippen LogP contribution in [0.4, 0.5) is 5.00 Å². The monoisotopic (exact) mass is 563 g/mol. The molecule has 0 fully saturated rings. The Morgan fingerprint density at radius 1 is 0.975 bits per heavy atom. The fraction of sp³-hybridized carbons (Fsp3) is 0.286. The number of carbonyl (C=O) groups is 3. The molecular formula is C28H29N5O6S. The number of esters is 2. The van der Waals surface area contributed by atoms with Crippen LogP contribution in [0.25, 0.3) is 17.2 Å². The van der Waals surface area contributed by atoms with Crippen LogP contribution in [0.5, 0.6) is 0 Å². The first-order valence-corrected chi connectivity index (χ1v) is 13.4. The molecule has 11 nitrogen and oxygen atoms in total. The number of aryl methyl sites for hydroxylation is 2. The molecule has 1 N–H and O–H groups in total. The van der Waals surface area contributed by atoms with Crippen molar-refractivity contribution in [3.63, 3.8) is 0 Å². The van der Waals surface area contributed by atoms with Crippen molar-refractivity contribution in [3.8, 4) is 17.2 Å². The maximum atomic E-state index is 13.4. The van der Waals surface area contributed by atoms with Crippen LogP contribution in [0.15, 0.2) is 47.3 Å². The number of ether oxygens (including phenoxy) is 2. The molecule has 40 heavy (non-hydrogen) atoms. The molecule has 12 heteroatoms. The lowest BCUT2D eigenvalue weighted by atomic mass is 10.1. The molecule has 4 rings (SSSR count). The van der Waals surface area contributed by atoms with E-state index in [1.54, 1.807) is 20.8 Å². The molecule has 0 bridgehead atoms. The number of hydrogen-bond acceptors (Lipinski definition) is 9. The van der Waals surface area contributed by atoms with Crippen molar-refractivity contribution in [2.24, 2.45) is 0 Å². The Bertz CT molecular complexity index is 1640. The smallest absolute Gasteiger partial charge is 0.348 e. The van der Waals surface area contributed by atoms with Crippen molar-refractivity contribution in [1.82, 2.24) is 19.3 Å². The summed E-state index contributed by atoms with van der Waals surface area (Å²) in [6.45, 7) is 8.38. The lowest BCUT2D eigenvalue weighted by Crippen LogP contribution is -2.32. The molecule has 3 heterocycles. The Hall–Kier alpha value is -4.58. The van der Waals surface area contributed by atoms with E-state index in [4.69, 9.17) is 14.5 Å². The maximum absolute atomic E-state index is 13.4. The second-order valence-corrected chi connectivity index (χ2v) is 9.84. The van der Waals surface area contributed by atoms with Gasteiger partial charge in [0.05, 0.1) is 30.2 Å². The lowest BCUT2D eigenvalue weighted by Gasteiger charge is -2.15. The summed E-state index contributed by atoms with van der Waals surface area (Å²) in [7, 11) is 0. The average molecular weight is 564 g/mol. The number of amides is 1. The summed E-state index contributed by atoms with van der Waals surface area (Å²) in [6, 6.07) is 12.4. The summed E-state index contributed by atoms with van der Waals surface area (Å²) in [4.78, 5) is 56.8. The Morgan fingerprint density at radius 3 is 2.27 bits per heavy atom. The minimum atomic E-state index is -0.684. The third-order valence-electron chi connectivity index (χ3n) is 5.90. The van der Waals surface area contributed by atoms with Gasteiger partial charge in [-0.3, -0.25) is 14.2 Å². The van der Waals surface area contributed by atoms with Gasteiger partial charge in [0.2, 0.25) is 11.9 Å². The zero-order valence-electron chi connectivity index (χ0n) is 22.8. The van der Waals surface area contributed by atoms with Gasteiger partial charge in [0.25, 0.3) is 5.56 Å². The molecule has 0 atom stereocenters. The topological polar surface area (TPSA) is 134 Å². The largest absolute Gasteiger partial charge is 0.462 e. The Kier molecular flexibility index (Phi) is 8.58. The second kappa shape index (κ2) is 12.1. The van der Waals surface area contributed by atoms with Crippen molar-refractivity contribution in [2.75, 3.05) is 18.5 Å². The second-order valence-electron chi connectivity index (χ2n) is 8.82. The van der Waals surface area contributed by atoms with Gasteiger partial charge in [0.15, 0.2) is 0 Å². The van der Waals surface area contributed by atoms with E-state index in [9.17, 15) is 19.2 Å². The van der Waals surface area contributed by atoms with Crippen LogP contribution in [0.2, 0.25) is 0 Å². The molecule has 0 radical (unpaired) electrons. The van der Waals surface area contributed by atoms with E-state index in [2.05, 4.69) is 10.4 Å². The van der Waals surface area contributed by atoms with Crippen LogP contribution >= 0.6 is 11.3 Å². The average Bonchev–Trinajstić information content (AvgIpc) is 3.43. The number of anilines is 1. The first-order valence-electron chi connectivity index (χ1n) is 12.6. The van der Waals surface area contributed by atoms with Crippen molar-refractivity contribution < 1.29 is 23.9 Å². The first-order chi connectivity index (χ1) is 19.1. The van der Waals surface area contributed by atoms with E-state index < -0.39 is 29.9 Å². The van der Waals surface area contributed by atoms with Gasteiger partial charge in [-0.1, -0.05) is 30.3 Å². The molecule has 0 aliphatic heterocycles. The normalized spacial score (nSPS) is 10.8. The molecule has 0 spiro atoms. The molecular weight excluding hydrogens is 534 g/mol. The number of aromatic nitrogens is 4. The summed E-state index contributed by atoms with van der Waals surface area (Å²) in [5.74, 6) is -1.75. The summed E-state index contributed by atoms with van der Waals surface area (Å²) < 4.78 is 13.0. The molecule has 4 aromatic rings. The zero-order valence-corrected chi connectivity index (χ0v) is 23.6. The van der Waals surface area contributed by atoms with Crippen LogP contribution in [0.1, 0.15) is 50.8 Å². The van der Waals surface area contributed by atoms with Crippen LogP contribution in [0.3, 0.4) is 0 Å². The zero-order chi connectivity index (χ0) is 29.0. The number of nitrogens with zero attached hydrogens (tertiary/aromatic N) is 4. The van der Waals surface area contributed by atoms with Crippen LogP contribution in [0, 0.1) is 20.8 Å². The fourth-order valence-electron chi connectivity index (χ4n) is 4.14. The van der Waals surface area contributed by atoms with Crippen molar-refractivity contribution >= 4 is 34.2 Å². The molecule has 0 saturated carbocycles. The number of thiophene rings is 1. The molecule has 0 aliphatic rings. The number of benzene rings is 1. The first kappa shape index (κ1) is 28.4. The van der Waals surface area contributed by atoms with E-state index in [0.717, 1.165) is 22.6 Å². The van der Waals surface area contributed by atoms with Gasteiger partial charge in [-0.05, 0) is 46.2 Å². The van der Waals surface area contributed by atoms with Crippen LogP contribution < -0.4 is 10.9 Å². The van der Waals surface area contributed by atoms with E-state index in [0.29, 0.717) is 17.0 Å². The number of carbonyl (C=O) groups excluding carboxylic acids is 3. The van der Waals surface area contributed by atoms with Crippen molar-refractivity contribution in [2.45, 2.75) is 41.2 Å². The van der Waals surface area contributed by atoms with E-state index in [1.807, 2.05) is 50.2 Å². The van der Waals surface area contributed by atoms with Gasteiger partial charge in [0, 0.05) is 17.3 Å². The number of rotatable bonds is 9. The molecule has 0 saturated heterocycles. The van der Waals surface area contributed by atoms with Gasteiger partial charge < -0.3 is 14.8 Å². The highest BCUT2D eigenvalue weighted by molar-refractivity contribution is 7.18. The predicted molar refractivity (Wildman–Crippen MR) is 150 cm³/mol. The quantitative estimate of drug-likeness (QED) is 0.301. The van der Waals surface area contributed by atoms with Gasteiger partial charge in [-0.15, -0.1) is 11.3 Å². The fourth-order valence-corrected chi connectivity index (χ4v) is 5.25. The Balaban J connectivity index is 1.75. The van der Waals surface area contributed by atoms with Gasteiger partial charge in [-0.25, -0.2) is 19.3 Å². The molecule has 208 valence electrons. The van der Waals surface area contributed by atoms with Crippen LogP contribution in [-0.2, 0) is 20.8 Å². The third kappa shape index (κ3) is 5.86. The molecule has 0 unspecified atom stereocenters. The summed E-state index contributed by atoms with van der Waals surface area (Å²) >= 11 is 0.910. The van der Waals surface area contributed by atoms with E-state index in [1.165, 1.54) is 15.3 Å². The van der Waals surface area contributed by atoms with Crippen molar-refractivity contribution in [1.29, 1.82) is 0 Å². The molecule has 0 aliphatic carbocycles. The van der Waals surface area contributed by atoms with E-state index >= 15 is 0 Å². The Morgan fingerprint density at radius 2 is 1.65 bits per heavy atom. The highest BCUT2D eigenvalue weighted by atomic mass is 32.1. The third-order valence-corrected chi connectivity index (χ3v) is 7.09. The Labute approximate surface area is 234 Å². The summed E-state index contributed by atoms with van der Waals surface area (Å²) in [5, 5.41) is 7.28. The minimum absolute atomic E-state index is 0.0620. The van der Waals surface area contributed by atoms with Gasteiger partial charge in [-0.2, -0.15) is 5.10 Å². The molecule has 1 aromatic carbocycles. The standard InChI is InChI=1S/C28H29N5O6S/c1-6-38-26(36)23-18(5)24(27(37)39-7-2)40-25(23)30-21(34)15-32-22(35)14-20(19-11-9-8-10-12-19)29-28(32)33-17(4)13-16(3)31-33/h8-14H,6-7,15H2,1-5H3,(H,30,34). The lowest BCUT2D eigenvalue weighted by molar-refractivity contribution is -0.116. The summed E-state index contributed by atoms with van der Waals surface area (Å²) in [5.41, 5.74) is 2.54. The molecule has 3 aromatic heterocycles. The number of hydrogen-bond donors (Lipinski definition) is 1. The van der Waals surface area contributed by atoms with Gasteiger partial charge >= 0.3 is 11.9 Å². The minimum Gasteiger partial charge on any atom is -0.462 e. The SMILES string of the molecule is CCOC(=O)c1sc(NC(=O)Cn2c(-n3nc(C)cc3C)nc(-c3ccccc3)cc2=O)c(C(=O)OCC)c1C. The van der Waals surface area contributed by atoms with Crippen LogP contribution in [-0.4, -0.2) is 50.4 Å². The van der Waals surface area contributed by atoms with E-state index in [-0.39, 0.29) is 34.6 Å². The maximum Gasteiger partial charge on any atom is 0.348 e. The predicted octanol–water partition coefficient (Wildman–Crippen LogP) is 4.07.